The smallest absolute Gasteiger partial charge is 0.318 e. The van der Waals surface area contributed by atoms with Crippen LogP contribution in [0.25, 0.3) is 0 Å². The highest BCUT2D eigenvalue weighted by Crippen LogP contribution is 2.09. The minimum absolute atomic E-state index is 0.0727. The fourth-order valence-electron chi connectivity index (χ4n) is 2.97. The van der Waals surface area contributed by atoms with Crippen molar-refractivity contribution in [3.63, 3.8) is 0 Å². The summed E-state index contributed by atoms with van der Waals surface area (Å²) in [5, 5.41) is 14.5. The Morgan fingerprint density at radius 1 is 1.15 bits per heavy atom. The molecule has 34 heavy (non-hydrogen) atoms. The van der Waals surface area contributed by atoms with E-state index in [2.05, 4.69) is 20.3 Å². The van der Waals surface area contributed by atoms with Crippen LogP contribution in [-0.2, 0) is 14.8 Å². The van der Waals surface area contributed by atoms with Gasteiger partial charge in [0.05, 0.1) is 11.5 Å². The predicted octanol–water partition coefficient (Wildman–Crippen LogP) is 0.533. The van der Waals surface area contributed by atoms with Crippen molar-refractivity contribution in [3.05, 3.63) is 29.8 Å². The van der Waals surface area contributed by atoms with Crippen LogP contribution in [0.5, 0.6) is 0 Å². The number of aryl methyl sites for hydroxylation is 1. The number of hydrogen-bond donors (Lipinski definition) is 5. The van der Waals surface area contributed by atoms with Crippen LogP contribution < -0.4 is 21.1 Å². The van der Waals surface area contributed by atoms with Gasteiger partial charge in [-0.3, -0.25) is 9.79 Å². The van der Waals surface area contributed by atoms with Gasteiger partial charge in [-0.2, -0.15) is 0 Å². The van der Waals surface area contributed by atoms with Crippen molar-refractivity contribution >= 4 is 27.9 Å². The minimum atomic E-state index is -3.84. The monoisotopic (exact) mass is 498 g/mol. The summed E-state index contributed by atoms with van der Waals surface area (Å²) in [6.07, 6.45) is 1.41. The number of urea groups is 1. The van der Waals surface area contributed by atoms with Crippen LogP contribution in [0.15, 0.2) is 34.2 Å². The van der Waals surface area contributed by atoms with Crippen molar-refractivity contribution in [1.29, 1.82) is 0 Å². The normalized spacial score (nSPS) is 12.8. The summed E-state index contributed by atoms with van der Waals surface area (Å²) in [6, 6.07) is 5.07. The molecule has 0 fully saturated rings. The number of benzene rings is 1. The Morgan fingerprint density at radius 3 is 2.35 bits per heavy atom. The largest absolute Gasteiger partial charge is 0.395 e. The third-order valence-electron chi connectivity index (χ3n) is 5.00. The number of hydrogen-bond acceptors (Lipinski definition) is 6. The number of rotatable bonds is 13. The fourth-order valence-corrected chi connectivity index (χ4v) is 3.93. The first-order chi connectivity index (χ1) is 16.0. The van der Waals surface area contributed by atoms with Crippen LogP contribution in [0.2, 0.25) is 0 Å². The number of guanidine groups is 1. The Hall–Kier alpha value is -2.86. The Balaban J connectivity index is 2.67. The molecule has 1 atom stereocenters. The zero-order chi connectivity index (χ0) is 25.7. The number of aliphatic imine (C=N–C) groups is 1. The molecule has 0 saturated heterocycles. The summed E-state index contributed by atoms with van der Waals surface area (Å²) < 4.78 is 26.9. The lowest BCUT2D eigenvalue weighted by Gasteiger charge is -2.26. The number of amides is 3. The Morgan fingerprint density at radius 2 is 1.79 bits per heavy atom. The van der Waals surface area contributed by atoms with Crippen LogP contribution >= 0.6 is 0 Å². The molecule has 0 unspecified atom stereocenters. The molecule has 0 heterocycles. The molecule has 1 rings (SSSR count). The SMILES string of the molecule is CNC(=O)[C@H](CCCN=C(N)NS(=O)(=O)c1ccc(C)cc1)NC(=O)N(CCO)CCC(C)C. The lowest BCUT2D eigenvalue weighted by Crippen LogP contribution is -2.51. The van der Waals surface area contributed by atoms with Gasteiger partial charge in [0.25, 0.3) is 10.0 Å². The second-order valence-electron chi connectivity index (χ2n) is 8.34. The first-order valence-corrected chi connectivity index (χ1v) is 12.8. The fraction of sp³-hybridized carbons (Fsp3) is 0.591. The molecule has 3 amide bonds. The zero-order valence-electron chi connectivity index (χ0n) is 20.4. The Bertz CT molecular complexity index is 918. The topological polar surface area (TPSA) is 166 Å². The van der Waals surface area contributed by atoms with E-state index in [1.54, 1.807) is 12.1 Å². The number of sulfonamides is 1. The molecule has 0 bridgehead atoms. The predicted molar refractivity (Wildman–Crippen MR) is 132 cm³/mol. The molecular weight excluding hydrogens is 460 g/mol. The number of aliphatic hydroxyl groups excluding tert-OH is 1. The van der Waals surface area contributed by atoms with Gasteiger partial charge in [-0.1, -0.05) is 31.5 Å². The molecule has 0 aliphatic carbocycles. The molecule has 6 N–H and O–H groups in total. The van der Waals surface area contributed by atoms with Crippen LogP contribution in [0.4, 0.5) is 4.79 Å². The molecule has 0 aliphatic rings. The average molecular weight is 499 g/mol. The van der Waals surface area contributed by atoms with E-state index in [-0.39, 0.29) is 42.9 Å². The maximum Gasteiger partial charge on any atom is 0.318 e. The van der Waals surface area contributed by atoms with Gasteiger partial charge in [0, 0.05) is 26.7 Å². The number of likely N-dealkylation sites (N-methyl/N-ethyl adjacent to an activating group) is 1. The van der Waals surface area contributed by atoms with E-state index in [1.165, 1.54) is 24.1 Å². The highest BCUT2D eigenvalue weighted by molar-refractivity contribution is 7.90. The summed E-state index contributed by atoms with van der Waals surface area (Å²) in [5.74, 6) is -0.238. The number of nitrogens with one attached hydrogen (secondary N) is 3. The van der Waals surface area contributed by atoms with E-state index in [9.17, 15) is 23.1 Å². The van der Waals surface area contributed by atoms with Crippen molar-refractivity contribution in [2.75, 3.05) is 33.3 Å². The van der Waals surface area contributed by atoms with E-state index in [1.807, 2.05) is 20.8 Å². The third-order valence-corrected chi connectivity index (χ3v) is 6.37. The highest BCUT2D eigenvalue weighted by atomic mass is 32.2. The number of nitrogens with zero attached hydrogens (tertiary/aromatic N) is 2. The van der Waals surface area contributed by atoms with Gasteiger partial charge in [0.2, 0.25) is 11.9 Å². The highest BCUT2D eigenvalue weighted by Gasteiger charge is 2.22. The molecule has 1 aromatic carbocycles. The summed E-state index contributed by atoms with van der Waals surface area (Å²) >= 11 is 0. The minimum Gasteiger partial charge on any atom is -0.395 e. The Labute approximate surface area is 202 Å². The molecular formula is C22H38N6O5S. The first kappa shape index (κ1) is 29.2. The van der Waals surface area contributed by atoms with E-state index in [0.29, 0.717) is 18.9 Å². The first-order valence-electron chi connectivity index (χ1n) is 11.3. The van der Waals surface area contributed by atoms with Crippen molar-refractivity contribution in [2.24, 2.45) is 16.6 Å². The van der Waals surface area contributed by atoms with Crippen LogP contribution in [0, 0.1) is 12.8 Å². The quantitative estimate of drug-likeness (QED) is 0.151. The van der Waals surface area contributed by atoms with Crippen molar-refractivity contribution in [2.45, 2.75) is 51.0 Å². The molecule has 1 aromatic rings. The zero-order valence-corrected chi connectivity index (χ0v) is 21.2. The van der Waals surface area contributed by atoms with Gasteiger partial charge in [-0.15, -0.1) is 0 Å². The average Bonchev–Trinajstić information content (AvgIpc) is 2.77. The Kier molecular flexibility index (Phi) is 12.4. The van der Waals surface area contributed by atoms with Gasteiger partial charge >= 0.3 is 6.03 Å². The van der Waals surface area contributed by atoms with Crippen molar-refractivity contribution < 1.29 is 23.1 Å². The lowest BCUT2D eigenvalue weighted by atomic mass is 10.1. The molecule has 0 radical (unpaired) electrons. The number of nitrogens with two attached hydrogens (primary N) is 1. The van der Waals surface area contributed by atoms with Crippen LogP contribution in [-0.4, -0.2) is 75.7 Å². The maximum absolute atomic E-state index is 12.6. The van der Waals surface area contributed by atoms with E-state index >= 15 is 0 Å². The second kappa shape index (κ2) is 14.4. The van der Waals surface area contributed by atoms with Gasteiger partial charge in [-0.25, -0.2) is 17.9 Å². The van der Waals surface area contributed by atoms with Gasteiger partial charge in [0.15, 0.2) is 0 Å². The molecule has 11 nitrogen and oxygen atoms in total. The summed E-state index contributed by atoms with van der Waals surface area (Å²) in [6.45, 7) is 6.53. The van der Waals surface area contributed by atoms with Crippen molar-refractivity contribution in [1.82, 2.24) is 20.3 Å². The summed E-state index contributed by atoms with van der Waals surface area (Å²) in [4.78, 5) is 30.4. The van der Waals surface area contributed by atoms with E-state index < -0.39 is 22.1 Å². The van der Waals surface area contributed by atoms with Gasteiger partial charge in [0.1, 0.15) is 6.04 Å². The molecule has 192 valence electrons. The molecule has 0 aliphatic heterocycles. The van der Waals surface area contributed by atoms with Crippen molar-refractivity contribution in [3.8, 4) is 0 Å². The summed E-state index contributed by atoms with van der Waals surface area (Å²) in [5.41, 5.74) is 6.65. The second-order valence-corrected chi connectivity index (χ2v) is 10.0. The maximum atomic E-state index is 12.6. The molecule has 12 heteroatoms. The third kappa shape index (κ3) is 10.4. The number of aliphatic hydroxyl groups is 1. The van der Waals surface area contributed by atoms with E-state index in [4.69, 9.17) is 5.73 Å². The van der Waals surface area contributed by atoms with Crippen LogP contribution in [0.1, 0.15) is 38.7 Å². The van der Waals surface area contributed by atoms with Crippen LogP contribution in [0.3, 0.4) is 0 Å². The lowest BCUT2D eigenvalue weighted by molar-refractivity contribution is -0.122. The summed E-state index contributed by atoms with van der Waals surface area (Å²) in [7, 11) is -2.37. The van der Waals surface area contributed by atoms with E-state index in [0.717, 1.165) is 12.0 Å². The standard InChI is InChI=1S/C22H38N6O5S/c1-16(2)11-13-28(14-15-29)22(31)26-19(20(30)24-4)6-5-12-25-21(23)27-34(32,33)18-9-7-17(3)8-10-18/h7-10,16,19,29H,5-6,11-15H2,1-4H3,(H,24,30)(H,26,31)(H3,23,25,27)/t19-/m0/s1. The molecule has 0 spiro atoms. The molecule has 0 aromatic heterocycles. The van der Waals surface area contributed by atoms with Gasteiger partial charge in [-0.05, 0) is 44.2 Å². The van der Waals surface area contributed by atoms with Gasteiger partial charge < -0.3 is 26.4 Å². The number of carbonyl (C=O) groups is 2. The number of carbonyl (C=O) groups excluding carboxylic acids is 2. The molecule has 0 saturated carbocycles.